The lowest BCUT2D eigenvalue weighted by molar-refractivity contribution is 0.0998. The Morgan fingerprint density at radius 2 is 1.61 bits per heavy atom. The fourth-order valence-corrected chi connectivity index (χ4v) is 2.14. The second-order valence-corrected chi connectivity index (χ2v) is 4.92. The summed E-state index contributed by atoms with van der Waals surface area (Å²) in [6, 6.07) is 9.67. The van der Waals surface area contributed by atoms with Crippen LogP contribution in [0.1, 0.15) is 26.3 Å². The topological polar surface area (TPSA) is 90.6 Å². The quantitative estimate of drug-likeness (QED) is 0.886. The molecule has 23 heavy (non-hydrogen) atoms. The number of ether oxygens (including phenoxy) is 2. The average molecular weight is 314 g/mol. The summed E-state index contributed by atoms with van der Waals surface area (Å²) < 4.78 is 10.5. The monoisotopic (exact) mass is 314 g/mol. The van der Waals surface area contributed by atoms with Crippen molar-refractivity contribution in [2.24, 2.45) is 5.73 Å². The Hall–Kier alpha value is -3.02. The first-order chi connectivity index (χ1) is 11.0. The maximum atomic E-state index is 12.5. The van der Waals surface area contributed by atoms with Crippen LogP contribution in [0.3, 0.4) is 0 Å². The third-order valence-electron chi connectivity index (χ3n) is 3.39. The number of hydrogen-bond donors (Lipinski definition) is 2. The van der Waals surface area contributed by atoms with Gasteiger partial charge in [0.1, 0.15) is 11.5 Å². The number of anilines is 1. The van der Waals surface area contributed by atoms with E-state index in [0.29, 0.717) is 28.3 Å². The maximum absolute atomic E-state index is 12.5. The second-order valence-electron chi connectivity index (χ2n) is 4.92. The van der Waals surface area contributed by atoms with E-state index in [2.05, 4.69) is 5.32 Å². The lowest BCUT2D eigenvalue weighted by Gasteiger charge is -2.13. The molecule has 0 fully saturated rings. The zero-order valence-electron chi connectivity index (χ0n) is 13.2. The molecule has 0 saturated heterocycles. The summed E-state index contributed by atoms with van der Waals surface area (Å²) in [5.74, 6) is 0.189. The van der Waals surface area contributed by atoms with Crippen molar-refractivity contribution < 1.29 is 19.1 Å². The van der Waals surface area contributed by atoms with Gasteiger partial charge in [-0.3, -0.25) is 9.59 Å². The van der Waals surface area contributed by atoms with E-state index < -0.39 is 5.91 Å². The van der Waals surface area contributed by atoms with Crippen molar-refractivity contribution in [2.75, 3.05) is 19.5 Å². The molecule has 0 bridgehead atoms. The largest absolute Gasteiger partial charge is 0.496 e. The first kappa shape index (κ1) is 16.4. The summed E-state index contributed by atoms with van der Waals surface area (Å²) in [6.07, 6.45) is 0. The van der Waals surface area contributed by atoms with Gasteiger partial charge in [-0.05, 0) is 48.9 Å². The number of carbonyl (C=O) groups excluding carboxylic acids is 2. The van der Waals surface area contributed by atoms with Crippen LogP contribution in [0.5, 0.6) is 11.5 Å². The summed E-state index contributed by atoms with van der Waals surface area (Å²) in [6.45, 7) is 1.87. The number of methoxy groups -OCH3 is 2. The van der Waals surface area contributed by atoms with Crippen LogP contribution in [0.15, 0.2) is 36.4 Å². The van der Waals surface area contributed by atoms with Gasteiger partial charge in [-0.2, -0.15) is 0 Å². The minimum Gasteiger partial charge on any atom is -0.496 e. The normalized spacial score (nSPS) is 10.0. The molecule has 0 unspecified atom stereocenters. The highest BCUT2D eigenvalue weighted by molar-refractivity contribution is 6.06. The summed E-state index contributed by atoms with van der Waals surface area (Å²) >= 11 is 0. The molecule has 0 radical (unpaired) electrons. The fourth-order valence-electron chi connectivity index (χ4n) is 2.14. The van der Waals surface area contributed by atoms with Crippen molar-refractivity contribution >= 4 is 17.5 Å². The minimum atomic E-state index is -0.521. The number of amides is 2. The third kappa shape index (κ3) is 3.60. The van der Waals surface area contributed by atoms with E-state index in [4.69, 9.17) is 15.2 Å². The van der Waals surface area contributed by atoms with Gasteiger partial charge >= 0.3 is 0 Å². The molecule has 0 aromatic heterocycles. The van der Waals surface area contributed by atoms with E-state index >= 15 is 0 Å². The highest BCUT2D eigenvalue weighted by atomic mass is 16.5. The number of benzene rings is 2. The standard InChI is InChI=1S/C17H18N2O4/c1-10-8-15(23-3)13(9-14(10)22-2)17(21)19-12-6-4-11(5-7-12)16(18)20/h4-9H,1-3H3,(H2,18,20)(H,19,21). The average Bonchev–Trinajstić information content (AvgIpc) is 2.54. The molecule has 0 aliphatic carbocycles. The van der Waals surface area contributed by atoms with Gasteiger partial charge in [-0.1, -0.05) is 0 Å². The Kier molecular flexibility index (Phi) is 4.85. The van der Waals surface area contributed by atoms with E-state index in [-0.39, 0.29) is 5.91 Å². The van der Waals surface area contributed by atoms with E-state index in [0.717, 1.165) is 5.56 Å². The molecular formula is C17H18N2O4. The number of carbonyl (C=O) groups is 2. The smallest absolute Gasteiger partial charge is 0.259 e. The Morgan fingerprint density at radius 3 is 2.13 bits per heavy atom. The minimum absolute atomic E-state index is 0.341. The van der Waals surface area contributed by atoms with Gasteiger partial charge in [0.2, 0.25) is 5.91 Å². The molecule has 0 aliphatic heterocycles. The Balaban J connectivity index is 2.28. The highest BCUT2D eigenvalue weighted by Gasteiger charge is 2.16. The van der Waals surface area contributed by atoms with Gasteiger partial charge in [0, 0.05) is 11.3 Å². The number of hydrogen-bond acceptors (Lipinski definition) is 4. The van der Waals surface area contributed by atoms with Gasteiger partial charge < -0.3 is 20.5 Å². The van der Waals surface area contributed by atoms with Crippen LogP contribution in [0.2, 0.25) is 0 Å². The van der Waals surface area contributed by atoms with Crippen LogP contribution < -0.4 is 20.5 Å². The zero-order chi connectivity index (χ0) is 17.0. The van der Waals surface area contributed by atoms with Gasteiger partial charge in [0.15, 0.2) is 0 Å². The molecule has 2 aromatic carbocycles. The molecule has 2 aromatic rings. The Bertz CT molecular complexity index is 739. The molecule has 0 atom stereocenters. The van der Waals surface area contributed by atoms with Crippen LogP contribution in [-0.4, -0.2) is 26.0 Å². The molecular weight excluding hydrogens is 296 g/mol. The fraction of sp³-hybridized carbons (Fsp3) is 0.176. The van der Waals surface area contributed by atoms with Gasteiger partial charge in [-0.15, -0.1) is 0 Å². The van der Waals surface area contributed by atoms with Crippen molar-refractivity contribution in [3.63, 3.8) is 0 Å². The lowest BCUT2D eigenvalue weighted by atomic mass is 10.1. The highest BCUT2D eigenvalue weighted by Crippen LogP contribution is 2.28. The lowest BCUT2D eigenvalue weighted by Crippen LogP contribution is -2.14. The van der Waals surface area contributed by atoms with Gasteiger partial charge in [0.05, 0.1) is 19.8 Å². The first-order valence-electron chi connectivity index (χ1n) is 6.90. The molecule has 2 rings (SSSR count). The van der Waals surface area contributed by atoms with Gasteiger partial charge in [0.25, 0.3) is 5.91 Å². The van der Waals surface area contributed by atoms with Crippen LogP contribution >= 0.6 is 0 Å². The molecule has 0 saturated carbocycles. The first-order valence-corrected chi connectivity index (χ1v) is 6.90. The van der Waals surface area contributed by atoms with E-state index in [1.54, 1.807) is 43.5 Å². The molecule has 2 amide bonds. The van der Waals surface area contributed by atoms with E-state index in [1.165, 1.54) is 7.11 Å². The molecule has 0 heterocycles. The number of aryl methyl sites for hydroxylation is 1. The third-order valence-corrected chi connectivity index (χ3v) is 3.39. The maximum Gasteiger partial charge on any atom is 0.259 e. The zero-order valence-corrected chi connectivity index (χ0v) is 13.2. The number of nitrogens with two attached hydrogens (primary N) is 1. The van der Waals surface area contributed by atoms with Crippen molar-refractivity contribution in [1.29, 1.82) is 0 Å². The summed E-state index contributed by atoms with van der Waals surface area (Å²) in [4.78, 5) is 23.5. The number of nitrogens with one attached hydrogen (secondary N) is 1. The van der Waals surface area contributed by atoms with E-state index in [1.807, 2.05) is 6.92 Å². The SMILES string of the molecule is COc1cc(C(=O)Nc2ccc(C(N)=O)cc2)c(OC)cc1C. The van der Waals surface area contributed by atoms with Crippen molar-refractivity contribution in [1.82, 2.24) is 0 Å². The molecule has 6 nitrogen and oxygen atoms in total. The summed E-state index contributed by atoms with van der Waals surface area (Å²) in [5, 5.41) is 2.74. The second kappa shape index (κ2) is 6.83. The van der Waals surface area contributed by atoms with Crippen LogP contribution in [0.25, 0.3) is 0 Å². The predicted molar refractivity (Wildman–Crippen MR) is 87.2 cm³/mol. The summed E-state index contributed by atoms with van der Waals surface area (Å²) in [5.41, 5.74) is 7.32. The van der Waals surface area contributed by atoms with E-state index in [9.17, 15) is 9.59 Å². The van der Waals surface area contributed by atoms with Crippen LogP contribution in [0, 0.1) is 6.92 Å². The Morgan fingerprint density at radius 1 is 1.00 bits per heavy atom. The molecule has 6 heteroatoms. The molecule has 0 aliphatic rings. The van der Waals surface area contributed by atoms with Gasteiger partial charge in [-0.25, -0.2) is 0 Å². The van der Waals surface area contributed by atoms with Crippen molar-refractivity contribution in [2.45, 2.75) is 6.92 Å². The van der Waals surface area contributed by atoms with Crippen molar-refractivity contribution in [3.8, 4) is 11.5 Å². The number of primary amides is 1. The van der Waals surface area contributed by atoms with Crippen LogP contribution in [-0.2, 0) is 0 Å². The van der Waals surface area contributed by atoms with Crippen LogP contribution in [0.4, 0.5) is 5.69 Å². The predicted octanol–water partition coefficient (Wildman–Crippen LogP) is 2.36. The molecule has 3 N–H and O–H groups in total. The molecule has 0 spiro atoms. The summed E-state index contributed by atoms with van der Waals surface area (Å²) in [7, 11) is 3.04. The Labute approximate surface area is 134 Å². The number of rotatable bonds is 5. The molecule has 120 valence electrons. The van der Waals surface area contributed by atoms with Crippen molar-refractivity contribution in [3.05, 3.63) is 53.1 Å².